The highest BCUT2D eigenvalue weighted by Gasteiger charge is 2.34. The Morgan fingerprint density at radius 2 is 1.86 bits per heavy atom. The number of carbonyl (C=O) groups is 2. The summed E-state index contributed by atoms with van der Waals surface area (Å²) in [6, 6.07) is 16.1. The van der Waals surface area contributed by atoms with E-state index in [1.165, 1.54) is 18.5 Å². The highest BCUT2D eigenvalue weighted by atomic mass is 16.2. The summed E-state index contributed by atoms with van der Waals surface area (Å²) in [6.07, 6.45) is 2.77. The van der Waals surface area contributed by atoms with Gasteiger partial charge in [-0.05, 0) is 49.1 Å². The Morgan fingerprint density at radius 3 is 2.57 bits per heavy atom. The quantitative estimate of drug-likeness (QED) is 0.866. The van der Waals surface area contributed by atoms with Crippen molar-refractivity contribution in [3.63, 3.8) is 0 Å². The average molecular weight is 377 g/mol. The van der Waals surface area contributed by atoms with Gasteiger partial charge in [0.1, 0.15) is 0 Å². The normalized spacial score (nSPS) is 19.3. The molecule has 1 atom stereocenters. The van der Waals surface area contributed by atoms with Gasteiger partial charge >= 0.3 is 0 Å². The van der Waals surface area contributed by atoms with Crippen LogP contribution in [0.15, 0.2) is 48.5 Å². The molecule has 2 saturated heterocycles. The number of benzene rings is 2. The second kappa shape index (κ2) is 8.05. The van der Waals surface area contributed by atoms with E-state index in [-0.39, 0.29) is 24.2 Å². The molecule has 0 aromatic heterocycles. The van der Waals surface area contributed by atoms with Crippen molar-refractivity contribution in [1.29, 1.82) is 0 Å². The fourth-order valence-electron chi connectivity index (χ4n) is 4.10. The monoisotopic (exact) mass is 377 g/mol. The van der Waals surface area contributed by atoms with Gasteiger partial charge in [0.2, 0.25) is 11.8 Å². The van der Waals surface area contributed by atoms with E-state index in [4.69, 9.17) is 0 Å². The van der Waals surface area contributed by atoms with E-state index in [1.807, 2.05) is 43.3 Å². The molecule has 0 spiro atoms. The maximum atomic E-state index is 12.8. The predicted octanol–water partition coefficient (Wildman–Crippen LogP) is 3.58. The number of likely N-dealkylation sites (tertiary alicyclic amines) is 1. The van der Waals surface area contributed by atoms with Crippen LogP contribution in [0.2, 0.25) is 0 Å². The zero-order valence-electron chi connectivity index (χ0n) is 16.4. The number of rotatable bonds is 5. The molecular weight excluding hydrogens is 350 g/mol. The van der Waals surface area contributed by atoms with E-state index in [0.29, 0.717) is 13.1 Å². The minimum absolute atomic E-state index is 0.0464. The van der Waals surface area contributed by atoms with Crippen molar-refractivity contribution in [2.75, 3.05) is 29.9 Å². The number of anilines is 2. The molecule has 4 rings (SSSR count). The summed E-state index contributed by atoms with van der Waals surface area (Å²) in [5.74, 6) is -0.320. The Balaban J connectivity index is 1.38. The van der Waals surface area contributed by atoms with Crippen LogP contribution in [0.3, 0.4) is 0 Å². The van der Waals surface area contributed by atoms with Crippen LogP contribution < -0.4 is 10.2 Å². The molecule has 5 heteroatoms. The van der Waals surface area contributed by atoms with E-state index in [2.05, 4.69) is 22.3 Å². The molecule has 146 valence electrons. The largest absolute Gasteiger partial charge is 0.372 e. The van der Waals surface area contributed by atoms with Crippen LogP contribution in [-0.4, -0.2) is 36.3 Å². The SMILES string of the molecule is Cc1cc(N2CCCC2)ccc1NC(=O)C1CC(=O)N(Cc2ccccc2)C1. The second-order valence-electron chi connectivity index (χ2n) is 7.84. The van der Waals surface area contributed by atoms with Crippen LogP contribution in [0.1, 0.15) is 30.4 Å². The number of carbonyl (C=O) groups excluding carboxylic acids is 2. The minimum Gasteiger partial charge on any atom is -0.372 e. The van der Waals surface area contributed by atoms with E-state index >= 15 is 0 Å². The number of nitrogens with one attached hydrogen (secondary N) is 1. The molecule has 2 aliphatic rings. The first kappa shape index (κ1) is 18.5. The van der Waals surface area contributed by atoms with Crippen molar-refractivity contribution in [2.24, 2.45) is 5.92 Å². The average Bonchev–Trinajstić information content (AvgIpc) is 3.35. The highest BCUT2D eigenvalue weighted by Crippen LogP contribution is 2.27. The highest BCUT2D eigenvalue weighted by molar-refractivity contribution is 5.97. The van der Waals surface area contributed by atoms with Gasteiger partial charge in [-0.3, -0.25) is 9.59 Å². The standard InChI is InChI=1S/C23H27N3O2/c1-17-13-20(25-11-5-6-12-25)9-10-21(17)24-23(28)19-14-22(27)26(16-19)15-18-7-3-2-4-8-18/h2-4,7-10,13,19H,5-6,11-12,14-16H2,1H3,(H,24,28). The third-order valence-electron chi connectivity index (χ3n) is 5.74. The Morgan fingerprint density at radius 1 is 1.11 bits per heavy atom. The molecule has 5 nitrogen and oxygen atoms in total. The smallest absolute Gasteiger partial charge is 0.229 e. The Hall–Kier alpha value is -2.82. The van der Waals surface area contributed by atoms with Crippen molar-refractivity contribution in [1.82, 2.24) is 4.90 Å². The van der Waals surface area contributed by atoms with Crippen molar-refractivity contribution in [3.05, 3.63) is 59.7 Å². The van der Waals surface area contributed by atoms with Gasteiger partial charge < -0.3 is 15.1 Å². The van der Waals surface area contributed by atoms with Gasteiger partial charge in [0.05, 0.1) is 5.92 Å². The van der Waals surface area contributed by atoms with Crippen LogP contribution in [0.4, 0.5) is 11.4 Å². The van der Waals surface area contributed by atoms with Crippen molar-refractivity contribution < 1.29 is 9.59 Å². The van der Waals surface area contributed by atoms with E-state index < -0.39 is 0 Å². The number of nitrogens with zero attached hydrogens (tertiary/aromatic N) is 2. The van der Waals surface area contributed by atoms with E-state index in [9.17, 15) is 9.59 Å². The number of amides is 2. The summed E-state index contributed by atoms with van der Waals surface area (Å²) >= 11 is 0. The number of aryl methyl sites for hydroxylation is 1. The predicted molar refractivity (Wildman–Crippen MR) is 111 cm³/mol. The van der Waals surface area contributed by atoms with Gasteiger partial charge in [-0.25, -0.2) is 0 Å². The molecule has 0 radical (unpaired) electrons. The third kappa shape index (κ3) is 4.03. The van der Waals surface area contributed by atoms with Crippen molar-refractivity contribution in [3.8, 4) is 0 Å². The third-order valence-corrected chi connectivity index (χ3v) is 5.74. The molecule has 1 unspecified atom stereocenters. The van der Waals surface area contributed by atoms with E-state index in [0.717, 1.165) is 29.9 Å². The summed E-state index contributed by atoms with van der Waals surface area (Å²) < 4.78 is 0. The van der Waals surface area contributed by atoms with Crippen molar-refractivity contribution >= 4 is 23.2 Å². The lowest BCUT2D eigenvalue weighted by Crippen LogP contribution is -2.28. The molecule has 0 bridgehead atoms. The molecule has 2 aromatic rings. The minimum atomic E-state index is -0.297. The van der Waals surface area contributed by atoms with Gasteiger partial charge in [0.25, 0.3) is 0 Å². The van der Waals surface area contributed by atoms with Crippen LogP contribution in [0.25, 0.3) is 0 Å². The topological polar surface area (TPSA) is 52.7 Å². The Kier molecular flexibility index (Phi) is 5.33. The molecule has 2 amide bonds. The molecular formula is C23H27N3O2. The molecule has 2 heterocycles. The molecule has 1 N–H and O–H groups in total. The van der Waals surface area contributed by atoms with Crippen molar-refractivity contribution in [2.45, 2.75) is 32.7 Å². The first-order chi connectivity index (χ1) is 13.6. The summed E-state index contributed by atoms with van der Waals surface area (Å²) in [5, 5.41) is 3.04. The molecule has 2 aliphatic heterocycles. The summed E-state index contributed by atoms with van der Waals surface area (Å²) in [6.45, 7) is 5.27. The first-order valence-electron chi connectivity index (χ1n) is 10.1. The fourth-order valence-corrected chi connectivity index (χ4v) is 4.10. The first-order valence-corrected chi connectivity index (χ1v) is 10.1. The van der Waals surface area contributed by atoms with E-state index in [1.54, 1.807) is 4.90 Å². The summed E-state index contributed by atoms with van der Waals surface area (Å²) in [7, 11) is 0. The second-order valence-corrected chi connectivity index (χ2v) is 7.84. The lowest BCUT2D eigenvalue weighted by atomic mass is 10.1. The molecule has 0 saturated carbocycles. The zero-order valence-corrected chi connectivity index (χ0v) is 16.4. The van der Waals surface area contributed by atoms with Gasteiger partial charge in [-0.2, -0.15) is 0 Å². The number of hydrogen-bond acceptors (Lipinski definition) is 3. The lowest BCUT2D eigenvalue weighted by Gasteiger charge is -2.20. The maximum Gasteiger partial charge on any atom is 0.229 e. The zero-order chi connectivity index (χ0) is 19.5. The van der Waals surface area contributed by atoms with Crippen LogP contribution in [0, 0.1) is 12.8 Å². The Labute approximate surface area is 166 Å². The number of hydrogen-bond donors (Lipinski definition) is 1. The van der Waals surface area contributed by atoms with Gasteiger partial charge in [0, 0.05) is 44.0 Å². The lowest BCUT2D eigenvalue weighted by molar-refractivity contribution is -0.128. The van der Waals surface area contributed by atoms with Crippen LogP contribution >= 0.6 is 0 Å². The van der Waals surface area contributed by atoms with Crippen LogP contribution in [0.5, 0.6) is 0 Å². The summed E-state index contributed by atoms with van der Waals surface area (Å²) in [5.41, 5.74) is 4.20. The Bertz CT molecular complexity index is 859. The van der Waals surface area contributed by atoms with Crippen LogP contribution in [-0.2, 0) is 16.1 Å². The fraction of sp³-hybridized carbons (Fsp3) is 0.391. The molecule has 2 fully saturated rings. The summed E-state index contributed by atoms with van der Waals surface area (Å²) in [4.78, 5) is 29.3. The van der Waals surface area contributed by atoms with Gasteiger partial charge in [0.15, 0.2) is 0 Å². The van der Waals surface area contributed by atoms with Gasteiger partial charge in [-0.1, -0.05) is 30.3 Å². The molecule has 0 aliphatic carbocycles. The molecule has 2 aromatic carbocycles. The van der Waals surface area contributed by atoms with Gasteiger partial charge in [-0.15, -0.1) is 0 Å². The molecule has 28 heavy (non-hydrogen) atoms. The maximum absolute atomic E-state index is 12.8.